The van der Waals surface area contributed by atoms with E-state index in [0.29, 0.717) is 5.56 Å². The minimum Gasteiger partial charge on any atom is -0.469 e. The minimum absolute atomic E-state index is 0.0819. The molecule has 0 fully saturated rings. The van der Waals surface area contributed by atoms with Gasteiger partial charge in [-0.05, 0) is 41.2 Å². The van der Waals surface area contributed by atoms with E-state index < -0.39 is 24.0 Å². The van der Waals surface area contributed by atoms with Crippen molar-refractivity contribution in [3.05, 3.63) is 58.7 Å². The van der Waals surface area contributed by atoms with Crippen molar-refractivity contribution in [1.29, 1.82) is 0 Å². The molecule has 0 saturated heterocycles. The number of aromatic nitrogens is 1. The van der Waals surface area contributed by atoms with Gasteiger partial charge < -0.3 is 20.1 Å². The molecule has 6 nitrogen and oxygen atoms in total. The van der Waals surface area contributed by atoms with Crippen LogP contribution in [-0.4, -0.2) is 45.6 Å². The highest BCUT2D eigenvalue weighted by molar-refractivity contribution is 5.72. The molecule has 1 aromatic heterocycles. The Morgan fingerprint density at radius 2 is 1.85 bits per heavy atom. The van der Waals surface area contributed by atoms with Crippen LogP contribution < -0.4 is 0 Å². The third-order valence-electron chi connectivity index (χ3n) is 5.42. The highest BCUT2D eigenvalue weighted by atomic mass is 19.1. The van der Waals surface area contributed by atoms with Crippen LogP contribution in [-0.2, 0) is 16.1 Å². The van der Waals surface area contributed by atoms with Crippen molar-refractivity contribution >= 4 is 12.0 Å². The minimum atomic E-state index is -1.07. The Bertz CT molecular complexity index is 987. The average Bonchev–Trinajstić information content (AvgIpc) is 2.77. The fraction of sp³-hybridized carbons (Fsp3) is 0.462. The Labute approximate surface area is 194 Å². The van der Waals surface area contributed by atoms with Gasteiger partial charge in [0.15, 0.2) is 0 Å². The Morgan fingerprint density at radius 1 is 1.15 bits per heavy atom. The summed E-state index contributed by atoms with van der Waals surface area (Å²) in [7, 11) is 1.22. The summed E-state index contributed by atoms with van der Waals surface area (Å²) in [6, 6.07) is 6.60. The summed E-state index contributed by atoms with van der Waals surface area (Å²) in [4.78, 5) is 16.0. The van der Waals surface area contributed by atoms with Crippen LogP contribution in [0.25, 0.3) is 17.2 Å². The molecule has 7 heteroatoms. The van der Waals surface area contributed by atoms with E-state index in [1.165, 1.54) is 25.3 Å². The number of pyridine rings is 1. The Morgan fingerprint density at radius 3 is 2.42 bits per heavy atom. The van der Waals surface area contributed by atoms with E-state index in [2.05, 4.69) is 4.74 Å². The van der Waals surface area contributed by atoms with E-state index >= 15 is 0 Å². The summed E-state index contributed by atoms with van der Waals surface area (Å²) in [6.07, 6.45) is 0.375. The van der Waals surface area contributed by atoms with Crippen molar-refractivity contribution in [1.82, 2.24) is 4.98 Å². The van der Waals surface area contributed by atoms with E-state index in [1.807, 2.05) is 33.8 Å². The highest BCUT2D eigenvalue weighted by Gasteiger charge is 2.18. The molecule has 2 aromatic rings. The van der Waals surface area contributed by atoms with Gasteiger partial charge in [-0.25, -0.2) is 4.39 Å². The van der Waals surface area contributed by atoms with Crippen molar-refractivity contribution in [2.24, 2.45) is 0 Å². The highest BCUT2D eigenvalue weighted by Crippen LogP contribution is 2.33. The molecule has 0 radical (unpaired) electrons. The van der Waals surface area contributed by atoms with Gasteiger partial charge in [-0.2, -0.15) is 0 Å². The summed E-state index contributed by atoms with van der Waals surface area (Å²) in [6.45, 7) is 7.94. The van der Waals surface area contributed by atoms with Crippen molar-refractivity contribution in [3.8, 4) is 11.1 Å². The molecule has 0 bridgehead atoms. The molecule has 0 aliphatic rings. The number of benzene rings is 1. The first-order chi connectivity index (χ1) is 15.6. The zero-order chi connectivity index (χ0) is 24.7. The van der Waals surface area contributed by atoms with Crippen molar-refractivity contribution in [2.45, 2.75) is 71.2 Å². The number of carbonyl (C=O) groups is 1. The average molecular weight is 460 g/mol. The molecule has 33 heavy (non-hydrogen) atoms. The quantitative estimate of drug-likeness (QED) is 0.458. The first-order valence-corrected chi connectivity index (χ1v) is 11.1. The predicted molar refractivity (Wildman–Crippen MR) is 126 cm³/mol. The summed E-state index contributed by atoms with van der Waals surface area (Å²) in [5.74, 6) is -0.752. The second kappa shape index (κ2) is 12.0. The maximum absolute atomic E-state index is 14.5. The number of ether oxygens (including phenoxy) is 1. The number of carbonyl (C=O) groups excluding carboxylic acids is 1. The van der Waals surface area contributed by atoms with E-state index in [-0.39, 0.29) is 36.8 Å². The summed E-state index contributed by atoms with van der Waals surface area (Å²) in [5, 5.41) is 30.1. The molecule has 0 spiro atoms. The molecule has 0 aliphatic heterocycles. The molecule has 2 atom stereocenters. The molecular formula is C26H34FNO5. The lowest BCUT2D eigenvalue weighted by Crippen LogP contribution is -2.20. The zero-order valence-electron chi connectivity index (χ0n) is 19.9. The molecular weight excluding hydrogens is 425 g/mol. The summed E-state index contributed by atoms with van der Waals surface area (Å²) in [5.41, 5.74) is 4.20. The fourth-order valence-corrected chi connectivity index (χ4v) is 3.58. The van der Waals surface area contributed by atoms with E-state index in [9.17, 15) is 24.5 Å². The molecule has 0 saturated carbocycles. The second-order valence-corrected chi connectivity index (χ2v) is 8.76. The number of rotatable bonds is 10. The van der Waals surface area contributed by atoms with Crippen LogP contribution in [0.15, 0.2) is 30.3 Å². The lowest BCUT2D eigenvalue weighted by atomic mass is 9.91. The molecule has 0 amide bonds. The van der Waals surface area contributed by atoms with Crippen molar-refractivity contribution < 1.29 is 29.2 Å². The van der Waals surface area contributed by atoms with E-state index in [4.69, 9.17) is 4.98 Å². The topological polar surface area (TPSA) is 99.9 Å². The lowest BCUT2D eigenvalue weighted by Gasteiger charge is -2.19. The first kappa shape index (κ1) is 26.6. The molecule has 3 N–H and O–H groups in total. The number of hydrogen-bond acceptors (Lipinski definition) is 6. The molecule has 2 rings (SSSR count). The number of halogens is 1. The SMILES string of the molecule is COC(=O)C[C@H](O)C[C@H](O)/C=C/c1cc(-c2cc(C(C)C)nc(C(C)C)c2CO)ccc1F. The van der Waals surface area contributed by atoms with Gasteiger partial charge in [0, 0.05) is 28.9 Å². The van der Waals surface area contributed by atoms with Gasteiger partial charge in [0.2, 0.25) is 0 Å². The zero-order valence-corrected chi connectivity index (χ0v) is 19.9. The number of hydrogen-bond donors (Lipinski definition) is 3. The van der Waals surface area contributed by atoms with Crippen LogP contribution in [0, 0.1) is 5.82 Å². The predicted octanol–water partition coefficient (Wildman–Crippen LogP) is 4.32. The van der Waals surface area contributed by atoms with Gasteiger partial charge in [0.05, 0.1) is 32.3 Å². The van der Waals surface area contributed by atoms with Crippen LogP contribution in [0.3, 0.4) is 0 Å². The molecule has 0 unspecified atom stereocenters. The van der Waals surface area contributed by atoms with Crippen molar-refractivity contribution in [3.63, 3.8) is 0 Å². The van der Waals surface area contributed by atoms with Crippen LogP contribution in [0.4, 0.5) is 4.39 Å². The van der Waals surface area contributed by atoms with Gasteiger partial charge in [-0.15, -0.1) is 0 Å². The summed E-state index contributed by atoms with van der Waals surface area (Å²) < 4.78 is 19.0. The van der Waals surface area contributed by atoms with E-state index in [0.717, 1.165) is 22.5 Å². The van der Waals surface area contributed by atoms with Gasteiger partial charge in [-0.3, -0.25) is 9.78 Å². The molecule has 0 aliphatic carbocycles. The van der Waals surface area contributed by atoms with Crippen molar-refractivity contribution in [2.75, 3.05) is 7.11 Å². The van der Waals surface area contributed by atoms with Crippen LogP contribution in [0.1, 0.15) is 74.9 Å². The molecule has 1 heterocycles. The Balaban J connectivity index is 2.39. The van der Waals surface area contributed by atoms with Gasteiger partial charge in [0.25, 0.3) is 0 Å². The van der Waals surface area contributed by atoms with Gasteiger partial charge in [0.1, 0.15) is 5.82 Å². The first-order valence-electron chi connectivity index (χ1n) is 11.1. The fourth-order valence-electron chi connectivity index (χ4n) is 3.58. The largest absolute Gasteiger partial charge is 0.469 e. The van der Waals surface area contributed by atoms with Crippen LogP contribution in [0.5, 0.6) is 0 Å². The number of esters is 1. The van der Waals surface area contributed by atoms with E-state index in [1.54, 1.807) is 12.1 Å². The monoisotopic (exact) mass is 459 g/mol. The lowest BCUT2D eigenvalue weighted by molar-refractivity contribution is -0.143. The number of aliphatic hydroxyl groups is 3. The van der Waals surface area contributed by atoms with Crippen LogP contribution >= 0.6 is 0 Å². The Kier molecular flexibility index (Phi) is 9.70. The maximum atomic E-state index is 14.5. The third kappa shape index (κ3) is 7.19. The van der Waals surface area contributed by atoms with Gasteiger partial charge in [-0.1, -0.05) is 45.9 Å². The standard InChI is InChI=1S/C26H34FNO5/c1-15(2)24-13-21(22(14-29)26(28-24)16(3)4)17-7-9-23(27)18(10-17)6-8-19(30)11-20(31)12-25(32)33-5/h6-10,13,15-16,19-20,29-31H,11-12,14H2,1-5H3/b8-6+/t19-,20-/m1/s1. The summed E-state index contributed by atoms with van der Waals surface area (Å²) >= 11 is 0. The maximum Gasteiger partial charge on any atom is 0.308 e. The smallest absolute Gasteiger partial charge is 0.308 e. The number of nitrogens with zero attached hydrogens (tertiary/aromatic N) is 1. The normalized spacial score (nSPS) is 13.7. The molecule has 1 aromatic carbocycles. The Hall–Kier alpha value is -2.61. The third-order valence-corrected chi connectivity index (χ3v) is 5.42. The number of aliphatic hydroxyl groups excluding tert-OH is 3. The molecule has 180 valence electrons. The second-order valence-electron chi connectivity index (χ2n) is 8.76. The number of methoxy groups -OCH3 is 1. The van der Waals surface area contributed by atoms with Crippen LogP contribution in [0.2, 0.25) is 0 Å². The van der Waals surface area contributed by atoms with Gasteiger partial charge >= 0.3 is 5.97 Å².